The highest BCUT2D eigenvalue weighted by atomic mass is 19.1. The van der Waals surface area contributed by atoms with Crippen molar-refractivity contribution in [3.63, 3.8) is 0 Å². The molecule has 23 heavy (non-hydrogen) atoms. The molecule has 9 heteroatoms. The third-order valence-corrected chi connectivity index (χ3v) is 3.49. The van der Waals surface area contributed by atoms with Crippen molar-refractivity contribution in [3.05, 3.63) is 30.2 Å². The van der Waals surface area contributed by atoms with Crippen LogP contribution in [-0.4, -0.2) is 72.9 Å². The summed E-state index contributed by atoms with van der Waals surface area (Å²) in [6.07, 6.45) is -5.61. The Morgan fingerprint density at radius 1 is 1.09 bits per heavy atom. The summed E-state index contributed by atoms with van der Waals surface area (Å²) in [5.41, 5.74) is 0.613. The third-order valence-electron chi connectivity index (χ3n) is 3.49. The molecule has 1 fully saturated rings. The zero-order valence-corrected chi connectivity index (χ0v) is 11.9. The smallest absolute Gasteiger partial charge is 0.184 e. The fraction of sp³-hybridized carbons (Fsp3) is 0.429. The molecule has 1 aromatic carbocycles. The number of aliphatic hydroxyl groups excluding tert-OH is 5. The van der Waals surface area contributed by atoms with Gasteiger partial charge in [-0.3, -0.25) is 0 Å². The number of halogens is 1. The molecule has 2 aromatic rings. The number of aromatic hydroxyl groups is 1. The molecule has 0 bridgehead atoms. The molecule has 1 aliphatic rings. The second kappa shape index (κ2) is 7.21. The Balaban J connectivity index is 0.000000167. The Labute approximate surface area is 130 Å². The van der Waals surface area contributed by atoms with Gasteiger partial charge in [0, 0.05) is 11.6 Å². The first-order valence-electron chi connectivity index (χ1n) is 6.79. The maximum atomic E-state index is 12.5. The zero-order chi connectivity index (χ0) is 17.1. The predicted octanol–water partition coefficient (Wildman–Crippen LogP) is -1.21. The van der Waals surface area contributed by atoms with Crippen molar-refractivity contribution >= 4 is 10.9 Å². The third kappa shape index (κ3) is 3.78. The van der Waals surface area contributed by atoms with Gasteiger partial charge >= 0.3 is 0 Å². The van der Waals surface area contributed by atoms with Gasteiger partial charge in [0.2, 0.25) is 0 Å². The molecule has 0 unspecified atom stereocenters. The summed E-state index contributed by atoms with van der Waals surface area (Å²) in [5.74, 6) is -0.153. The van der Waals surface area contributed by atoms with Crippen LogP contribution in [0.4, 0.5) is 4.39 Å². The van der Waals surface area contributed by atoms with E-state index in [1.165, 1.54) is 24.4 Å². The molecular formula is C14H18FNO7. The summed E-state index contributed by atoms with van der Waals surface area (Å²) in [7, 11) is 0. The second-order valence-electron chi connectivity index (χ2n) is 5.08. The summed E-state index contributed by atoms with van der Waals surface area (Å²) in [5, 5.41) is 54.5. The standard InChI is InChI=1S/C8H6FNO.C6H12O6/c9-5-1-2-6-7(3-5)10-4-8(6)11;7-1-2-3(8)4(9)5(10)6(11)12-2/h1-4,10-11H;2-11H,1H2/t;2-,3-,4+,5+,6+/m.1/s1. The van der Waals surface area contributed by atoms with E-state index in [0.717, 1.165) is 0 Å². The highest BCUT2D eigenvalue weighted by Crippen LogP contribution is 2.23. The van der Waals surface area contributed by atoms with Gasteiger partial charge in [0.05, 0.1) is 12.1 Å². The van der Waals surface area contributed by atoms with E-state index in [2.05, 4.69) is 9.72 Å². The van der Waals surface area contributed by atoms with Crippen LogP contribution in [0.3, 0.4) is 0 Å². The molecule has 0 radical (unpaired) electrons. The Morgan fingerprint density at radius 2 is 1.78 bits per heavy atom. The van der Waals surface area contributed by atoms with Crippen molar-refractivity contribution in [2.24, 2.45) is 0 Å². The monoisotopic (exact) mass is 331 g/mol. The first-order valence-corrected chi connectivity index (χ1v) is 6.79. The Morgan fingerprint density at radius 3 is 2.43 bits per heavy atom. The Bertz CT molecular complexity index is 644. The van der Waals surface area contributed by atoms with Gasteiger partial charge in [-0.1, -0.05) is 0 Å². The number of aliphatic hydroxyl groups is 5. The molecule has 0 aliphatic carbocycles. The van der Waals surface area contributed by atoms with Crippen LogP contribution in [0.5, 0.6) is 5.75 Å². The maximum absolute atomic E-state index is 12.5. The van der Waals surface area contributed by atoms with Gasteiger partial charge in [-0.25, -0.2) is 4.39 Å². The van der Waals surface area contributed by atoms with Crippen molar-refractivity contribution in [2.45, 2.75) is 30.7 Å². The molecule has 1 aliphatic heterocycles. The van der Waals surface area contributed by atoms with Crippen molar-refractivity contribution in [1.82, 2.24) is 4.98 Å². The largest absolute Gasteiger partial charge is 0.506 e. The summed E-state index contributed by atoms with van der Waals surface area (Å²) in [6.45, 7) is -0.526. The number of aromatic amines is 1. The minimum absolute atomic E-state index is 0.153. The lowest BCUT2D eigenvalue weighted by Gasteiger charge is -2.37. The minimum atomic E-state index is -1.57. The van der Waals surface area contributed by atoms with Crippen molar-refractivity contribution < 1.29 is 39.8 Å². The van der Waals surface area contributed by atoms with Crippen LogP contribution >= 0.6 is 0 Å². The molecular weight excluding hydrogens is 313 g/mol. The van der Waals surface area contributed by atoms with Crippen LogP contribution in [0.15, 0.2) is 24.4 Å². The molecule has 0 spiro atoms. The molecule has 3 rings (SSSR count). The van der Waals surface area contributed by atoms with Gasteiger partial charge in [0.25, 0.3) is 0 Å². The van der Waals surface area contributed by atoms with Gasteiger partial charge in [-0.2, -0.15) is 0 Å². The number of ether oxygens (including phenoxy) is 1. The molecule has 1 aromatic heterocycles. The zero-order valence-electron chi connectivity index (χ0n) is 11.9. The summed E-state index contributed by atoms with van der Waals surface area (Å²) < 4.78 is 17.1. The lowest BCUT2D eigenvalue weighted by molar-refractivity contribution is -0.286. The first-order chi connectivity index (χ1) is 10.8. The molecule has 7 N–H and O–H groups in total. The average molecular weight is 331 g/mol. The van der Waals surface area contributed by atoms with Crippen LogP contribution in [0.2, 0.25) is 0 Å². The van der Waals surface area contributed by atoms with E-state index in [1.54, 1.807) is 0 Å². The van der Waals surface area contributed by atoms with Crippen LogP contribution < -0.4 is 0 Å². The van der Waals surface area contributed by atoms with Crippen molar-refractivity contribution in [3.8, 4) is 5.75 Å². The van der Waals surface area contributed by atoms with E-state index in [9.17, 15) is 4.39 Å². The van der Waals surface area contributed by atoms with E-state index in [4.69, 9.17) is 30.6 Å². The number of rotatable bonds is 1. The normalized spacial score (nSPS) is 30.8. The topological polar surface area (TPSA) is 146 Å². The molecule has 8 nitrogen and oxygen atoms in total. The van der Waals surface area contributed by atoms with E-state index in [0.29, 0.717) is 10.9 Å². The molecule has 1 saturated heterocycles. The van der Waals surface area contributed by atoms with Gasteiger partial charge in [-0.15, -0.1) is 0 Å². The minimum Gasteiger partial charge on any atom is -0.506 e. The summed E-state index contributed by atoms with van der Waals surface area (Å²) in [6, 6.07) is 4.20. The highest BCUT2D eigenvalue weighted by molar-refractivity contribution is 5.85. The van der Waals surface area contributed by atoms with E-state index in [1.807, 2.05) is 0 Å². The number of aromatic nitrogens is 1. The van der Waals surface area contributed by atoms with Gasteiger partial charge in [0.15, 0.2) is 6.29 Å². The number of fused-ring (bicyclic) bond motifs is 1. The number of benzene rings is 1. The molecule has 2 heterocycles. The summed E-state index contributed by atoms with van der Waals surface area (Å²) in [4.78, 5) is 2.74. The molecule has 128 valence electrons. The first kappa shape index (κ1) is 17.6. The van der Waals surface area contributed by atoms with Crippen molar-refractivity contribution in [1.29, 1.82) is 0 Å². The number of hydrogen-bond acceptors (Lipinski definition) is 7. The van der Waals surface area contributed by atoms with Gasteiger partial charge < -0.3 is 40.4 Å². The second-order valence-corrected chi connectivity index (χ2v) is 5.08. The predicted molar refractivity (Wildman–Crippen MR) is 75.9 cm³/mol. The van der Waals surface area contributed by atoms with E-state index >= 15 is 0 Å². The van der Waals surface area contributed by atoms with Gasteiger partial charge in [-0.05, 0) is 18.2 Å². The quantitative estimate of drug-likeness (QED) is 0.347. The fourth-order valence-electron chi connectivity index (χ4n) is 2.16. The van der Waals surface area contributed by atoms with Crippen molar-refractivity contribution in [2.75, 3.05) is 6.61 Å². The average Bonchev–Trinajstić information content (AvgIpc) is 2.90. The Kier molecular flexibility index (Phi) is 5.52. The Hall–Kier alpha value is -1.75. The molecule has 0 saturated carbocycles. The SMILES string of the molecule is OC[C@H]1O[C@H](O)[C@@H](O)[C@@H](O)[C@@H]1O.Oc1c[nH]c2cc(F)ccc12. The van der Waals surface area contributed by atoms with Crippen LogP contribution in [0.1, 0.15) is 0 Å². The molecule has 0 amide bonds. The number of nitrogens with one attached hydrogen (secondary N) is 1. The van der Waals surface area contributed by atoms with Crippen LogP contribution in [0.25, 0.3) is 10.9 Å². The van der Waals surface area contributed by atoms with Crippen LogP contribution in [-0.2, 0) is 4.74 Å². The van der Waals surface area contributed by atoms with Crippen LogP contribution in [0, 0.1) is 5.82 Å². The highest BCUT2D eigenvalue weighted by Gasteiger charge is 2.42. The molecule has 5 atom stereocenters. The van der Waals surface area contributed by atoms with E-state index < -0.39 is 37.3 Å². The summed E-state index contributed by atoms with van der Waals surface area (Å²) >= 11 is 0. The number of H-pyrrole nitrogens is 1. The van der Waals surface area contributed by atoms with Gasteiger partial charge in [0.1, 0.15) is 36.0 Å². The lowest BCUT2D eigenvalue weighted by Crippen LogP contribution is -2.58. The van der Waals surface area contributed by atoms with E-state index in [-0.39, 0.29) is 11.6 Å². The fourth-order valence-corrected chi connectivity index (χ4v) is 2.16. The number of hydrogen-bond donors (Lipinski definition) is 7. The maximum Gasteiger partial charge on any atom is 0.184 e. The lowest BCUT2D eigenvalue weighted by atomic mass is 10.00.